The zero-order valence-corrected chi connectivity index (χ0v) is 12.2. The van der Waals surface area contributed by atoms with Crippen LogP contribution in [0.1, 0.15) is 24.2 Å². The Morgan fingerprint density at radius 1 is 1.44 bits per heavy atom. The van der Waals surface area contributed by atoms with Crippen LogP contribution in [-0.4, -0.2) is 21.3 Å². The van der Waals surface area contributed by atoms with Crippen LogP contribution in [0.25, 0.3) is 0 Å². The molecule has 1 heterocycles. The van der Waals surface area contributed by atoms with Gasteiger partial charge in [-0.2, -0.15) is 5.10 Å². The molecule has 0 spiro atoms. The largest absolute Gasteiger partial charge is 0.309 e. The van der Waals surface area contributed by atoms with Gasteiger partial charge in [-0.3, -0.25) is 4.68 Å². The zero-order valence-electron chi connectivity index (χ0n) is 10.6. The lowest BCUT2D eigenvalue weighted by Crippen LogP contribution is -2.21. The Bertz CT molecular complexity index is 509. The number of nitrogens with zero attached hydrogens (tertiary/aromatic N) is 3. The molecule has 0 amide bonds. The van der Waals surface area contributed by atoms with E-state index in [0.717, 1.165) is 23.4 Å². The Balaban J connectivity index is 1.85. The maximum atomic E-state index is 4.18. The molecule has 0 radical (unpaired) electrons. The topological polar surface area (TPSA) is 42.7 Å². The van der Waals surface area contributed by atoms with Crippen LogP contribution in [0.2, 0.25) is 0 Å². The van der Waals surface area contributed by atoms with Gasteiger partial charge in [0.1, 0.15) is 12.2 Å². The van der Waals surface area contributed by atoms with Crippen molar-refractivity contribution in [3.05, 3.63) is 46.5 Å². The van der Waals surface area contributed by atoms with E-state index >= 15 is 0 Å². The molecule has 1 aromatic carbocycles. The molecule has 5 heteroatoms. The number of halogens is 1. The van der Waals surface area contributed by atoms with E-state index < -0.39 is 0 Å². The summed E-state index contributed by atoms with van der Waals surface area (Å²) in [6, 6.07) is 8.43. The predicted molar refractivity (Wildman–Crippen MR) is 75.3 cm³/mol. The average Bonchev–Trinajstić information content (AvgIpc) is 2.75. The highest BCUT2D eigenvalue weighted by molar-refractivity contribution is 9.10. The summed E-state index contributed by atoms with van der Waals surface area (Å²) >= 11 is 3.50. The maximum Gasteiger partial charge on any atom is 0.140 e. The summed E-state index contributed by atoms with van der Waals surface area (Å²) in [6.45, 7) is 3.88. The van der Waals surface area contributed by atoms with Crippen molar-refractivity contribution in [1.29, 1.82) is 0 Å². The van der Waals surface area contributed by atoms with Crippen LogP contribution in [0, 0.1) is 0 Å². The Morgan fingerprint density at radius 3 is 2.94 bits per heavy atom. The molecular formula is C13H17BrN4. The summed E-state index contributed by atoms with van der Waals surface area (Å²) in [5.41, 5.74) is 1.33. The molecule has 0 aliphatic rings. The van der Waals surface area contributed by atoms with Crippen molar-refractivity contribution >= 4 is 15.9 Å². The molecule has 0 saturated heterocycles. The van der Waals surface area contributed by atoms with Gasteiger partial charge < -0.3 is 5.32 Å². The Labute approximate surface area is 116 Å². The molecule has 2 aromatic rings. The van der Waals surface area contributed by atoms with E-state index in [1.54, 1.807) is 11.0 Å². The molecule has 1 aromatic heterocycles. The van der Waals surface area contributed by atoms with Crippen molar-refractivity contribution in [3.8, 4) is 0 Å². The molecule has 96 valence electrons. The number of benzene rings is 1. The number of aromatic nitrogens is 3. The monoisotopic (exact) mass is 308 g/mol. The highest BCUT2D eigenvalue weighted by Crippen LogP contribution is 2.19. The lowest BCUT2D eigenvalue weighted by molar-refractivity contribution is 0.576. The van der Waals surface area contributed by atoms with Crippen LogP contribution >= 0.6 is 15.9 Å². The Morgan fingerprint density at radius 2 is 2.28 bits per heavy atom. The molecule has 0 saturated carbocycles. The van der Waals surface area contributed by atoms with E-state index in [0.29, 0.717) is 5.92 Å². The van der Waals surface area contributed by atoms with Crippen molar-refractivity contribution < 1.29 is 0 Å². The first kappa shape index (κ1) is 13.2. The molecule has 18 heavy (non-hydrogen) atoms. The summed E-state index contributed by atoms with van der Waals surface area (Å²) in [5.74, 6) is 1.42. The van der Waals surface area contributed by atoms with Gasteiger partial charge in [-0.15, -0.1) is 0 Å². The first-order valence-corrected chi connectivity index (χ1v) is 6.75. The molecule has 0 bridgehead atoms. The number of nitrogens with one attached hydrogen (secondary N) is 1. The highest BCUT2D eigenvalue weighted by Gasteiger charge is 2.06. The Kier molecular flexibility index (Phi) is 4.49. The third-order valence-electron chi connectivity index (χ3n) is 2.96. The van der Waals surface area contributed by atoms with E-state index in [1.807, 2.05) is 13.1 Å². The van der Waals surface area contributed by atoms with Crippen molar-refractivity contribution in [2.45, 2.75) is 19.4 Å². The second kappa shape index (κ2) is 6.11. The SMILES string of the molecule is C[C@H](CNCc1ncnn1C)c1cccc(Br)c1. The molecule has 0 aliphatic heterocycles. The van der Waals surface area contributed by atoms with Crippen molar-refractivity contribution in [1.82, 2.24) is 20.1 Å². The number of rotatable bonds is 5. The third-order valence-corrected chi connectivity index (χ3v) is 3.45. The van der Waals surface area contributed by atoms with Gasteiger partial charge in [0.05, 0.1) is 6.54 Å². The van der Waals surface area contributed by atoms with Crippen LogP contribution in [0.5, 0.6) is 0 Å². The molecule has 1 N–H and O–H groups in total. The van der Waals surface area contributed by atoms with Gasteiger partial charge in [0, 0.05) is 18.1 Å². The van der Waals surface area contributed by atoms with Gasteiger partial charge in [0.15, 0.2) is 0 Å². The van der Waals surface area contributed by atoms with Gasteiger partial charge >= 0.3 is 0 Å². The highest BCUT2D eigenvalue weighted by atomic mass is 79.9. The molecular weight excluding hydrogens is 292 g/mol. The van der Waals surface area contributed by atoms with Crippen molar-refractivity contribution in [3.63, 3.8) is 0 Å². The van der Waals surface area contributed by atoms with E-state index in [-0.39, 0.29) is 0 Å². The summed E-state index contributed by atoms with van der Waals surface area (Å²) < 4.78 is 2.91. The van der Waals surface area contributed by atoms with Crippen LogP contribution in [0.4, 0.5) is 0 Å². The fourth-order valence-corrected chi connectivity index (χ4v) is 2.23. The average molecular weight is 309 g/mol. The van der Waals surface area contributed by atoms with E-state index in [4.69, 9.17) is 0 Å². The van der Waals surface area contributed by atoms with E-state index in [9.17, 15) is 0 Å². The minimum absolute atomic E-state index is 0.468. The summed E-state index contributed by atoms with van der Waals surface area (Å²) in [4.78, 5) is 4.18. The van der Waals surface area contributed by atoms with Gasteiger partial charge in [-0.1, -0.05) is 35.0 Å². The zero-order chi connectivity index (χ0) is 13.0. The lowest BCUT2D eigenvalue weighted by atomic mass is 10.0. The molecule has 4 nitrogen and oxygen atoms in total. The second-order valence-electron chi connectivity index (χ2n) is 4.39. The summed E-state index contributed by atoms with van der Waals surface area (Å²) in [5, 5.41) is 7.45. The molecule has 0 fully saturated rings. The second-order valence-corrected chi connectivity index (χ2v) is 5.30. The Hall–Kier alpha value is -1.20. The fourth-order valence-electron chi connectivity index (χ4n) is 1.81. The van der Waals surface area contributed by atoms with Gasteiger partial charge in [-0.05, 0) is 23.6 Å². The quantitative estimate of drug-likeness (QED) is 0.922. The van der Waals surface area contributed by atoms with Crippen LogP contribution < -0.4 is 5.32 Å². The minimum Gasteiger partial charge on any atom is -0.309 e. The molecule has 2 rings (SSSR count). The first-order valence-electron chi connectivity index (χ1n) is 5.96. The molecule has 1 atom stereocenters. The van der Waals surface area contributed by atoms with Crippen LogP contribution in [0.15, 0.2) is 35.1 Å². The summed E-state index contributed by atoms with van der Waals surface area (Å²) in [6.07, 6.45) is 1.58. The molecule has 0 aliphatic carbocycles. The predicted octanol–water partition coefficient (Wildman–Crippen LogP) is 2.47. The van der Waals surface area contributed by atoms with Gasteiger partial charge in [0.2, 0.25) is 0 Å². The standard InChI is InChI=1S/C13H17BrN4/c1-10(11-4-3-5-12(14)6-11)7-15-8-13-16-9-17-18(13)2/h3-6,9-10,15H,7-8H2,1-2H3/t10-/m1/s1. The first-order chi connectivity index (χ1) is 8.66. The number of hydrogen-bond acceptors (Lipinski definition) is 3. The van der Waals surface area contributed by atoms with Crippen molar-refractivity contribution in [2.24, 2.45) is 7.05 Å². The van der Waals surface area contributed by atoms with E-state index in [2.05, 4.69) is 56.5 Å². The van der Waals surface area contributed by atoms with E-state index in [1.165, 1.54) is 5.56 Å². The molecule has 0 unspecified atom stereocenters. The third kappa shape index (κ3) is 3.40. The minimum atomic E-state index is 0.468. The van der Waals surface area contributed by atoms with Crippen molar-refractivity contribution in [2.75, 3.05) is 6.54 Å². The van der Waals surface area contributed by atoms with Gasteiger partial charge in [-0.25, -0.2) is 4.98 Å². The normalized spacial score (nSPS) is 12.6. The smallest absolute Gasteiger partial charge is 0.140 e. The summed E-state index contributed by atoms with van der Waals surface area (Å²) in [7, 11) is 1.90. The van der Waals surface area contributed by atoms with Crippen LogP contribution in [0.3, 0.4) is 0 Å². The number of aryl methyl sites for hydroxylation is 1. The fraction of sp³-hybridized carbons (Fsp3) is 0.385. The maximum absolute atomic E-state index is 4.18. The lowest BCUT2D eigenvalue weighted by Gasteiger charge is -2.13. The van der Waals surface area contributed by atoms with Gasteiger partial charge in [0.25, 0.3) is 0 Å². The van der Waals surface area contributed by atoms with Crippen LogP contribution in [-0.2, 0) is 13.6 Å². The number of hydrogen-bond donors (Lipinski definition) is 1.